The second-order valence-electron chi connectivity index (χ2n) is 4.63. The van der Waals surface area contributed by atoms with Crippen LogP contribution in [0.1, 0.15) is 15.9 Å². The van der Waals surface area contributed by atoms with Crippen LogP contribution < -0.4 is 4.90 Å². The summed E-state index contributed by atoms with van der Waals surface area (Å²) in [5.74, 6) is -0.249. The molecule has 1 amide bonds. The number of anilines is 1. The minimum atomic E-state index is -0.457. The lowest BCUT2D eigenvalue weighted by Gasteiger charge is -2.17. The van der Waals surface area contributed by atoms with E-state index in [0.29, 0.717) is 28.7 Å². The summed E-state index contributed by atoms with van der Waals surface area (Å²) in [6, 6.07) is 6.45. The molecule has 0 radical (unpaired) electrons. The zero-order chi connectivity index (χ0) is 15.0. The molecule has 1 aliphatic rings. The summed E-state index contributed by atoms with van der Waals surface area (Å²) in [6.45, 7) is 0.438. The minimum Gasteiger partial charge on any atom is -0.302 e. The molecule has 1 aromatic carbocycles. The predicted octanol–water partition coefficient (Wildman–Crippen LogP) is 2.96. The lowest BCUT2D eigenvalue weighted by molar-refractivity contribution is -0.384. The summed E-state index contributed by atoms with van der Waals surface area (Å²) < 4.78 is 0.645. The first-order valence-electron chi connectivity index (χ1n) is 6.26. The Kier molecular flexibility index (Phi) is 3.42. The first-order valence-corrected chi connectivity index (χ1v) is 7.06. The monoisotopic (exact) mass is 347 g/mol. The van der Waals surface area contributed by atoms with Gasteiger partial charge in [-0.05, 0) is 30.2 Å². The number of carbonyl (C=O) groups excluding carboxylic acids is 1. The highest BCUT2D eigenvalue weighted by molar-refractivity contribution is 9.10. The van der Waals surface area contributed by atoms with Crippen molar-refractivity contribution in [1.29, 1.82) is 0 Å². The van der Waals surface area contributed by atoms with E-state index in [2.05, 4.69) is 20.9 Å². The largest absolute Gasteiger partial charge is 0.302 e. The molecule has 2 heterocycles. The van der Waals surface area contributed by atoms with Gasteiger partial charge < -0.3 is 4.90 Å². The van der Waals surface area contributed by atoms with E-state index in [0.717, 1.165) is 5.56 Å². The van der Waals surface area contributed by atoms with Crippen LogP contribution in [-0.4, -0.2) is 22.4 Å². The molecule has 0 unspecified atom stereocenters. The number of amides is 1. The molecular weight excluding hydrogens is 338 g/mol. The molecule has 6 nitrogen and oxygen atoms in total. The smallest absolute Gasteiger partial charge is 0.294 e. The number of fused-ring (bicyclic) bond motifs is 1. The third kappa shape index (κ3) is 2.40. The molecule has 1 aromatic heterocycles. The summed E-state index contributed by atoms with van der Waals surface area (Å²) >= 11 is 3.27. The van der Waals surface area contributed by atoms with Crippen molar-refractivity contribution in [1.82, 2.24) is 4.98 Å². The zero-order valence-electron chi connectivity index (χ0n) is 10.8. The van der Waals surface area contributed by atoms with Crippen LogP contribution in [0.25, 0.3) is 0 Å². The van der Waals surface area contributed by atoms with E-state index < -0.39 is 4.92 Å². The standard InChI is InChI=1S/C14H10BrN3O3/c15-11-7-10-3-6-17(13(10)12(8-11)18(20)21)14(19)9-1-4-16-5-2-9/h1-2,4-5,7-8H,3,6H2. The first-order chi connectivity index (χ1) is 10.1. The average Bonchev–Trinajstić information content (AvgIpc) is 2.90. The molecule has 0 saturated carbocycles. The SMILES string of the molecule is O=C(c1ccncc1)N1CCc2cc(Br)cc([N+](=O)[O-])c21. The fourth-order valence-electron chi connectivity index (χ4n) is 2.48. The van der Waals surface area contributed by atoms with Crippen molar-refractivity contribution in [2.45, 2.75) is 6.42 Å². The molecule has 0 aliphatic carbocycles. The number of pyridine rings is 1. The van der Waals surface area contributed by atoms with Crippen LogP contribution >= 0.6 is 15.9 Å². The van der Waals surface area contributed by atoms with Crippen LogP contribution in [0.2, 0.25) is 0 Å². The molecule has 7 heteroatoms. The van der Waals surface area contributed by atoms with Gasteiger partial charge in [0, 0.05) is 35.0 Å². The maximum Gasteiger partial charge on any atom is 0.294 e. The van der Waals surface area contributed by atoms with Gasteiger partial charge in [-0.1, -0.05) is 15.9 Å². The fourth-order valence-corrected chi connectivity index (χ4v) is 2.97. The number of aromatic nitrogens is 1. The second kappa shape index (κ2) is 5.25. The highest BCUT2D eigenvalue weighted by Crippen LogP contribution is 2.40. The Morgan fingerprint density at radius 3 is 2.71 bits per heavy atom. The molecule has 0 N–H and O–H groups in total. The van der Waals surface area contributed by atoms with Crippen molar-refractivity contribution in [3.63, 3.8) is 0 Å². The van der Waals surface area contributed by atoms with E-state index in [1.807, 2.05) is 6.07 Å². The Bertz CT molecular complexity index is 734. The number of nitro groups is 1. The summed E-state index contributed by atoms with van der Waals surface area (Å²) in [5, 5.41) is 11.3. The number of nitro benzene ring substituents is 1. The Morgan fingerprint density at radius 1 is 1.33 bits per heavy atom. The van der Waals surface area contributed by atoms with Gasteiger partial charge in [0.25, 0.3) is 11.6 Å². The van der Waals surface area contributed by atoms with E-state index in [1.165, 1.54) is 23.4 Å². The van der Waals surface area contributed by atoms with Crippen LogP contribution in [-0.2, 0) is 6.42 Å². The van der Waals surface area contributed by atoms with E-state index >= 15 is 0 Å². The molecule has 0 spiro atoms. The fraction of sp³-hybridized carbons (Fsp3) is 0.143. The Labute approximate surface area is 128 Å². The van der Waals surface area contributed by atoms with Gasteiger partial charge in [0.15, 0.2) is 0 Å². The molecule has 0 bridgehead atoms. The van der Waals surface area contributed by atoms with Gasteiger partial charge >= 0.3 is 0 Å². The third-order valence-electron chi connectivity index (χ3n) is 3.38. The lowest BCUT2D eigenvalue weighted by atomic mass is 10.1. The molecule has 0 fully saturated rings. The maximum absolute atomic E-state index is 12.5. The van der Waals surface area contributed by atoms with Crippen LogP contribution in [0.5, 0.6) is 0 Å². The lowest BCUT2D eigenvalue weighted by Crippen LogP contribution is -2.29. The van der Waals surface area contributed by atoms with Crippen molar-refractivity contribution in [3.05, 3.63) is 62.4 Å². The first kappa shape index (κ1) is 13.7. The number of hydrogen-bond donors (Lipinski definition) is 0. The molecule has 106 valence electrons. The van der Waals surface area contributed by atoms with Crippen molar-refractivity contribution < 1.29 is 9.72 Å². The van der Waals surface area contributed by atoms with Gasteiger partial charge in [-0.2, -0.15) is 0 Å². The average molecular weight is 348 g/mol. The van der Waals surface area contributed by atoms with E-state index in [1.54, 1.807) is 12.1 Å². The van der Waals surface area contributed by atoms with Gasteiger partial charge in [0.1, 0.15) is 5.69 Å². The van der Waals surface area contributed by atoms with Crippen LogP contribution in [0.15, 0.2) is 41.1 Å². The third-order valence-corrected chi connectivity index (χ3v) is 3.84. The topological polar surface area (TPSA) is 76.3 Å². The molecule has 2 aromatic rings. The Balaban J connectivity index is 2.08. The summed E-state index contributed by atoms with van der Waals surface area (Å²) in [7, 11) is 0. The van der Waals surface area contributed by atoms with Crippen molar-refractivity contribution >= 4 is 33.2 Å². The van der Waals surface area contributed by atoms with Gasteiger partial charge in [-0.3, -0.25) is 19.9 Å². The van der Waals surface area contributed by atoms with Crippen molar-refractivity contribution in [2.75, 3.05) is 11.4 Å². The second-order valence-corrected chi connectivity index (χ2v) is 5.55. The van der Waals surface area contributed by atoms with Gasteiger partial charge in [0.05, 0.1) is 4.92 Å². The van der Waals surface area contributed by atoms with Crippen LogP contribution in [0.3, 0.4) is 0 Å². The van der Waals surface area contributed by atoms with Crippen LogP contribution in [0, 0.1) is 10.1 Å². The van der Waals surface area contributed by atoms with E-state index in [4.69, 9.17) is 0 Å². The number of hydrogen-bond acceptors (Lipinski definition) is 4. The number of halogens is 1. The quantitative estimate of drug-likeness (QED) is 0.618. The van der Waals surface area contributed by atoms with Gasteiger partial charge in [0.2, 0.25) is 0 Å². The molecular formula is C14H10BrN3O3. The summed E-state index contributed by atoms with van der Waals surface area (Å²) in [6.07, 6.45) is 3.66. The highest BCUT2D eigenvalue weighted by Gasteiger charge is 2.33. The molecule has 21 heavy (non-hydrogen) atoms. The summed E-state index contributed by atoms with van der Waals surface area (Å²) in [4.78, 5) is 28.7. The number of nitrogens with zero attached hydrogens (tertiary/aromatic N) is 3. The van der Waals surface area contributed by atoms with Crippen LogP contribution in [0.4, 0.5) is 11.4 Å². The zero-order valence-corrected chi connectivity index (χ0v) is 12.4. The van der Waals surface area contributed by atoms with Crippen molar-refractivity contribution in [2.24, 2.45) is 0 Å². The van der Waals surface area contributed by atoms with E-state index in [9.17, 15) is 14.9 Å². The Hall–Kier alpha value is -2.28. The summed E-state index contributed by atoms with van der Waals surface area (Å²) in [5.41, 5.74) is 1.61. The highest BCUT2D eigenvalue weighted by atomic mass is 79.9. The molecule has 0 atom stereocenters. The minimum absolute atomic E-state index is 0.0562. The van der Waals surface area contributed by atoms with Gasteiger partial charge in [-0.15, -0.1) is 0 Å². The number of benzene rings is 1. The van der Waals surface area contributed by atoms with Gasteiger partial charge in [-0.25, -0.2) is 0 Å². The molecule has 1 aliphatic heterocycles. The van der Waals surface area contributed by atoms with Crippen molar-refractivity contribution in [3.8, 4) is 0 Å². The van der Waals surface area contributed by atoms with E-state index in [-0.39, 0.29) is 11.6 Å². The number of rotatable bonds is 2. The molecule has 3 rings (SSSR count). The number of carbonyl (C=O) groups is 1. The normalized spacial score (nSPS) is 13.1. The predicted molar refractivity (Wildman–Crippen MR) is 80.4 cm³/mol. The molecule has 0 saturated heterocycles. The maximum atomic E-state index is 12.5. The Morgan fingerprint density at radius 2 is 2.05 bits per heavy atom.